The topological polar surface area (TPSA) is 16.1 Å². The van der Waals surface area contributed by atoms with E-state index in [-0.39, 0.29) is 28.3 Å². The number of hydrogen-bond donors (Lipinski definition) is 0. The van der Waals surface area contributed by atoms with Gasteiger partial charge < -0.3 is 4.90 Å². The second kappa shape index (κ2) is 5.98. The van der Waals surface area contributed by atoms with E-state index in [1.165, 1.54) is 12.3 Å². The Morgan fingerprint density at radius 2 is 1.94 bits per heavy atom. The summed E-state index contributed by atoms with van der Waals surface area (Å²) in [5.74, 6) is 0.0607. The molecule has 0 aliphatic rings. The third kappa shape index (κ3) is 4.77. The highest BCUT2D eigenvalue weighted by Gasteiger charge is 2.31. The average molecular weight is 308 g/mol. The Bertz CT molecular complexity index is 384. The molecule has 2 nitrogen and oxygen atoms in total. The first kappa shape index (κ1) is 14.7. The fraction of sp³-hybridized carbons (Fsp3) is 0.444. The van der Waals surface area contributed by atoms with Gasteiger partial charge in [-0.15, -0.1) is 11.6 Å². The first-order valence-electron chi connectivity index (χ1n) is 4.52. The number of alkyl halides is 4. The highest BCUT2D eigenvalue weighted by atomic mass is 35.5. The van der Waals surface area contributed by atoms with Gasteiger partial charge in [-0.3, -0.25) is 0 Å². The van der Waals surface area contributed by atoms with Gasteiger partial charge in [0, 0.05) is 18.6 Å². The summed E-state index contributed by atoms with van der Waals surface area (Å²) in [6.07, 6.45) is -3.11. The van der Waals surface area contributed by atoms with Crippen LogP contribution in [-0.4, -0.2) is 30.1 Å². The minimum absolute atomic E-state index is 0.00455. The van der Waals surface area contributed by atoms with E-state index in [1.54, 1.807) is 0 Å². The Labute approximate surface area is 111 Å². The summed E-state index contributed by atoms with van der Waals surface area (Å²) >= 11 is 16.9. The standard InChI is InChI=1S/C9H8Cl3F3N2/c10-1-2-17(5-9(13,14)15)8-7(12)3-6(11)4-16-8/h3-4H,1-2,5H2. The smallest absolute Gasteiger partial charge is 0.345 e. The molecule has 1 rings (SSSR count). The molecule has 1 aromatic rings. The summed E-state index contributed by atoms with van der Waals surface area (Å²) in [4.78, 5) is 4.75. The van der Waals surface area contributed by atoms with Crippen molar-refractivity contribution in [3.8, 4) is 0 Å². The molecule has 0 amide bonds. The molecule has 0 aliphatic carbocycles. The van der Waals surface area contributed by atoms with Crippen molar-refractivity contribution in [1.82, 2.24) is 4.98 Å². The van der Waals surface area contributed by atoms with Crippen molar-refractivity contribution in [3.63, 3.8) is 0 Å². The summed E-state index contributed by atoms with van der Waals surface area (Å²) in [5, 5.41) is 0.323. The summed E-state index contributed by atoms with van der Waals surface area (Å²) in [6, 6.07) is 1.34. The molecular formula is C9H8Cl3F3N2. The zero-order valence-corrected chi connectivity index (χ0v) is 10.7. The van der Waals surface area contributed by atoms with Crippen LogP contribution in [0.25, 0.3) is 0 Å². The zero-order chi connectivity index (χ0) is 13.1. The lowest BCUT2D eigenvalue weighted by atomic mass is 10.4. The van der Waals surface area contributed by atoms with E-state index in [2.05, 4.69) is 4.98 Å². The molecule has 0 bridgehead atoms. The Balaban J connectivity index is 2.97. The van der Waals surface area contributed by atoms with Crippen molar-refractivity contribution < 1.29 is 13.2 Å². The van der Waals surface area contributed by atoms with E-state index < -0.39 is 12.7 Å². The maximum absolute atomic E-state index is 12.3. The van der Waals surface area contributed by atoms with Gasteiger partial charge in [-0.25, -0.2) is 4.98 Å². The van der Waals surface area contributed by atoms with E-state index in [0.29, 0.717) is 0 Å². The molecule has 0 spiro atoms. The van der Waals surface area contributed by atoms with Crippen LogP contribution in [0.15, 0.2) is 12.3 Å². The van der Waals surface area contributed by atoms with Crippen LogP contribution in [-0.2, 0) is 0 Å². The van der Waals surface area contributed by atoms with Gasteiger partial charge >= 0.3 is 6.18 Å². The molecule has 0 unspecified atom stereocenters. The van der Waals surface area contributed by atoms with Crippen LogP contribution in [0.1, 0.15) is 0 Å². The van der Waals surface area contributed by atoms with Gasteiger partial charge in [-0.05, 0) is 6.07 Å². The minimum Gasteiger partial charge on any atom is -0.345 e. The van der Waals surface area contributed by atoms with E-state index in [9.17, 15) is 13.2 Å². The summed E-state index contributed by atoms with van der Waals surface area (Å²) in [6.45, 7) is -1.16. The Hall–Kier alpha value is -0.390. The van der Waals surface area contributed by atoms with Crippen molar-refractivity contribution in [1.29, 1.82) is 0 Å². The fourth-order valence-corrected chi connectivity index (χ4v) is 1.92. The van der Waals surface area contributed by atoms with Crippen LogP contribution >= 0.6 is 34.8 Å². The lowest BCUT2D eigenvalue weighted by Crippen LogP contribution is -2.36. The molecule has 17 heavy (non-hydrogen) atoms. The Kier molecular flexibility index (Phi) is 5.16. The molecule has 0 aliphatic heterocycles. The number of anilines is 1. The van der Waals surface area contributed by atoms with Crippen molar-refractivity contribution in [2.45, 2.75) is 6.18 Å². The zero-order valence-electron chi connectivity index (χ0n) is 8.44. The quantitative estimate of drug-likeness (QED) is 0.782. The van der Waals surface area contributed by atoms with Gasteiger partial charge in [-0.1, -0.05) is 23.2 Å². The maximum Gasteiger partial charge on any atom is 0.405 e. The monoisotopic (exact) mass is 306 g/mol. The lowest BCUT2D eigenvalue weighted by Gasteiger charge is -2.24. The second-order valence-corrected chi connectivity index (χ2v) is 4.41. The van der Waals surface area contributed by atoms with Crippen LogP contribution in [0.3, 0.4) is 0 Å². The van der Waals surface area contributed by atoms with Crippen LogP contribution < -0.4 is 4.90 Å². The molecule has 1 aromatic heterocycles. The number of aromatic nitrogens is 1. The highest BCUT2D eigenvalue weighted by Crippen LogP contribution is 2.28. The molecule has 0 aromatic carbocycles. The minimum atomic E-state index is -4.35. The Morgan fingerprint density at radius 1 is 1.29 bits per heavy atom. The van der Waals surface area contributed by atoms with Crippen LogP contribution in [0, 0.1) is 0 Å². The molecule has 8 heteroatoms. The molecule has 96 valence electrons. The van der Waals surface area contributed by atoms with E-state index in [0.717, 1.165) is 4.90 Å². The predicted molar refractivity (Wildman–Crippen MR) is 63.2 cm³/mol. The van der Waals surface area contributed by atoms with Crippen molar-refractivity contribution in [2.24, 2.45) is 0 Å². The number of rotatable bonds is 4. The Morgan fingerprint density at radius 3 is 2.41 bits per heavy atom. The molecule has 0 atom stereocenters. The van der Waals surface area contributed by atoms with Gasteiger partial charge in [0.2, 0.25) is 0 Å². The molecule has 0 fully saturated rings. The number of pyridine rings is 1. The average Bonchev–Trinajstić information content (AvgIpc) is 2.14. The molecule has 0 saturated heterocycles. The van der Waals surface area contributed by atoms with Crippen molar-refractivity contribution >= 4 is 40.6 Å². The molecule has 0 radical (unpaired) electrons. The summed E-state index contributed by atoms with van der Waals surface area (Å²) in [7, 11) is 0. The largest absolute Gasteiger partial charge is 0.405 e. The third-order valence-electron chi connectivity index (χ3n) is 1.81. The van der Waals surface area contributed by atoms with E-state index in [4.69, 9.17) is 34.8 Å². The molecule has 1 heterocycles. The molecular weight excluding hydrogens is 299 g/mol. The first-order valence-corrected chi connectivity index (χ1v) is 5.81. The second-order valence-electron chi connectivity index (χ2n) is 3.18. The highest BCUT2D eigenvalue weighted by molar-refractivity contribution is 6.36. The van der Waals surface area contributed by atoms with E-state index in [1.807, 2.05) is 0 Å². The fourth-order valence-electron chi connectivity index (χ4n) is 1.22. The van der Waals surface area contributed by atoms with Gasteiger partial charge in [0.25, 0.3) is 0 Å². The van der Waals surface area contributed by atoms with Crippen molar-refractivity contribution in [2.75, 3.05) is 23.9 Å². The SMILES string of the molecule is FC(F)(F)CN(CCCl)c1ncc(Cl)cc1Cl. The van der Waals surface area contributed by atoms with Gasteiger partial charge in [0.15, 0.2) is 0 Å². The van der Waals surface area contributed by atoms with Gasteiger partial charge in [-0.2, -0.15) is 13.2 Å². The predicted octanol–water partition coefficient (Wildman–Crippen LogP) is 4.00. The van der Waals surface area contributed by atoms with E-state index >= 15 is 0 Å². The normalized spacial score (nSPS) is 11.6. The van der Waals surface area contributed by atoms with Gasteiger partial charge in [0.1, 0.15) is 12.4 Å². The first-order chi connectivity index (χ1) is 7.83. The summed E-state index contributed by atoms with van der Waals surface area (Å²) < 4.78 is 37.0. The van der Waals surface area contributed by atoms with Crippen LogP contribution in [0.5, 0.6) is 0 Å². The van der Waals surface area contributed by atoms with Crippen LogP contribution in [0.4, 0.5) is 19.0 Å². The van der Waals surface area contributed by atoms with Gasteiger partial charge in [0.05, 0.1) is 10.0 Å². The number of halogens is 6. The molecule has 0 N–H and O–H groups in total. The third-order valence-corrected chi connectivity index (χ3v) is 2.47. The molecule has 0 saturated carbocycles. The number of hydrogen-bond acceptors (Lipinski definition) is 2. The van der Waals surface area contributed by atoms with Crippen LogP contribution in [0.2, 0.25) is 10.0 Å². The van der Waals surface area contributed by atoms with Crippen molar-refractivity contribution in [3.05, 3.63) is 22.3 Å². The summed E-state index contributed by atoms with van der Waals surface area (Å²) in [5.41, 5.74) is 0. The number of nitrogens with zero attached hydrogens (tertiary/aromatic N) is 2. The maximum atomic E-state index is 12.3. The lowest BCUT2D eigenvalue weighted by molar-refractivity contribution is -0.119.